The minimum atomic E-state index is 0.281. The number of aromatic nitrogens is 1. The summed E-state index contributed by atoms with van der Waals surface area (Å²) in [5.41, 5.74) is 13.1. The topological polar surface area (TPSA) is 24.1 Å². The van der Waals surface area contributed by atoms with E-state index in [1.165, 1.54) is 78.5 Å². The molecule has 1 N–H and O–H groups in total. The number of nitrogens with zero attached hydrogens (tertiary/aromatic N) is 1. The first-order valence-electron chi connectivity index (χ1n) is 18.4. The van der Waals surface area contributed by atoms with E-state index in [-0.39, 0.29) is 5.41 Å². The van der Waals surface area contributed by atoms with Crippen LogP contribution in [0.2, 0.25) is 0 Å². The van der Waals surface area contributed by atoms with Crippen LogP contribution in [0.5, 0.6) is 0 Å². The molecule has 264 valence electrons. The van der Waals surface area contributed by atoms with Gasteiger partial charge in [-0.05, 0) is 119 Å². The van der Waals surface area contributed by atoms with Gasteiger partial charge < -0.3 is 5.11 Å². The lowest BCUT2D eigenvalue weighted by Gasteiger charge is -2.35. The maximum Gasteiger partial charge on any atom is 0.205 e. The van der Waals surface area contributed by atoms with Crippen molar-refractivity contribution in [3.63, 3.8) is 0 Å². The van der Waals surface area contributed by atoms with Gasteiger partial charge in [-0.2, -0.15) is 0 Å². The van der Waals surface area contributed by atoms with Gasteiger partial charge in [0, 0.05) is 25.3 Å². The smallest absolute Gasteiger partial charge is 0.205 e. The summed E-state index contributed by atoms with van der Waals surface area (Å²) in [6.45, 7) is 24.7. The van der Waals surface area contributed by atoms with Crippen LogP contribution in [0.15, 0.2) is 112 Å². The van der Waals surface area contributed by atoms with Crippen molar-refractivity contribution in [2.75, 3.05) is 7.11 Å². The molecule has 0 amide bonds. The third-order valence-corrected chi connectivity index (χ3v) is 9.93. The Hall–Kier alpha value is -3.23. The van der Waals surface area contributed by atoms with E-state index in [1.54, 1.807) is 16.7 Å². The highest BCUT2D eigenvalue weighted by Crippen LogP contribution is 2.44. The van der Waals surface area contributed by atoms with Gasteiger partial charge in [0.25, 0.3) is 0 Å². The highest BCUT2D eigenvalue weighted by Gasteiger charge is 2.29. The summed E-state index contributed by atoms with van der Waals surface area (Å²) < 4.78 is 2.18. The Morgan fingerprint density at radius 2 is 1.44 bits per heavy atom. The summed E-state index contributed by atoms with van der Waals surface area (Å²) in [4.78, 5) is 0. The number of aliphatic hydroxyl groups is 1. The SMILES string of the molecule is CC.CCC1(C)CCCC(C)=C1/C=C/C(C)=C/C/C=C/c1cc[n+](C)c(/C=C(C)/C=C/C=C(C)/C=C/C2=C(C)CCCC2(C)C)c1.CO. The summed E-state index contributed by atoms with van der Waals surface area (Å²) in [5.74, 6) is 0. The minimum absolute atomic E-state index is 0.281. The van der Waals surface area contributed by atoms with Crippen LogP contribution in [-0.2, 0) is 7.05 Å². The van der Waals surface area contributed by atoms with Crippen LogP contribution in [0, 0.1) is 10.8 Å². The molecular weight excluding hydrogens is 583 g/mol. The number of pyridine rings is 1. The number of allylic oxidation sites excluding steroid dienone is 16. The van der Waals surface area contributed by atoms with Crippen molar-refractivity contribution in [2.45, 2.75) is 128 Å². The number of aliphatic hydroxyl groups excluding tert-OH is 1. The average molecular weight is 653 g/mol. The molecule has 0 saturated carbocycles. The van der Waals surface area contributed by atoms with Crippen LogP contribution in [0.1, 0.15) is 139 Å². The van der Waals surface area contributed by atoms with Crippen LogP contribution in [0.3, 0.4) is 0 Å². The zero-order valence-electron chi connectivity index (χ0n) is 33.1. The van der Waals surface area contributed by atoms with Crippen LogP contribution in [0.4, 0.5) is 0 Å². The summed E-state index contributed by atoms with van der Waals surface area (Å²) in [6.07, 6.45) is 37.0. The van der Waals surface area contributed by atoms with E-state index in [0.717, 1.165) is 13.5 Å². The van der Waals surface area contributed by atoms with E-state index in [9.17, 15) is 0 Å². The van der Waals surface area contributed by atoms with Crippen molar-refractivity contribution in [1.82, 2.24) is 0 Å². The van der Waals surface area contributed by atoms with Crippen molar-refractivity contribution in [2.24, 2.45) is 17.9 Å². The maximum absolute atomic E-state index is 7.00. The summed E-state index contributed by atoms with van der Waals surface area (Å²) >= 11 is 0. The quantitative estimate of drug-likeness (QED) is 0.187. The van der Waals surface area contributed by atoms with Gasteiger partial charge in [0.15, 0.2) is 6.20 Å². The Morgan fingerprint density at radius 3 is 2.08 bits per heavy atom. The molecule has 1 aromatic rings. The molecule has 1 atom stereocenters. The fourth-order valence-electron chi connectivity index (χ4n) is 6.75. The predicted molar refractivity (Wildman–Crippen MR) is 215 cm³/mol. The van der Waals surface area contributed by atoms with Gasteiger partial charge in [-0.1, -0.05) is 125 Å². The maximum atomic E-state index is 7.00. The van der Waals surface area contributed by atoms with Gasteiger partial charge in [0.1, 0.15) is 7.05 Å². The van der Waals surface area contributed by atoms with Crippen molar-refractivity contribution in [1.29, 1.82) is 0 Å². The number of hydrogen-bond acceptors (Lipinski definition) is 1. The average Bonchev–Trinajstić information content (AvgIpc) is 3.05. The molecule has 0 aliphatic heterocycles. The minimum Gasteiger partial charge on any atom is -0.400 e. The molecule has 0 fully saturated rings. The molecule has 1 unspecified atom stereocenters. The van der Waals surface area contributed by atoms with E-state index in [4.69, 9.17) is 5.11 Å². The van der Waals surface area contributed by atoms with Gasteiger partial charge in [0.05, 0.1) is 0 Å². The third-order valence-electron chi connectivity index (χ3n) is 9.93. The molecule has 0 radical (unpaired) electrons. The first kappa shape index (κ1) is 42.8. The second kappa shape index (κ2) is 21.7. The first-order chi connectivity index (χ1) is 22.8. The van der Waals surface area contributed by atoms with Gasteiger partial charge in [-0.25, -0.2) is 4.57 Å². The van der Waals surface area contributed by atoms with Crippen molar-refractivity contribution in [3.05, 3.63) is 123 Å². The molecule has 0 saturated heterocycles. The normalized spacial score (nSPS) is 20.9. The van der Waals surface area contributed by atoms with E-state index >= 15 is 0 Å². The standard InChI is InChI=1S/C43H60N.C2H6.CH4O/c1-11-43(9)29-16-21-37(6)41(43)26-24-33(2)17-12-13-22-38-27-30-44(10)39(32-38)31-35(4)19-14-18-34(3)23-25-40-36(5)20-15-28-42(40,7)8;2*1-2/h13-14,17-19,22-27,30-32H,11-12,15-16,20-21,28-29H2,1-10H3;1-2H3;2H,1H3/q+1;;/b19-14+,22-13+,25-23+,26-24+,33-17+,34-18+,35-31+;;. The van der Waals surface area contributed by atoms with Crippen LogP contribution in [-0.4, -0.2) is 12.2 Å². The van der Waals surface area contributed by atoms with Crippen molar-refractivity contribution >= 4 is 12.2 Å². The Labute approximate surface area is 296 Å². The molecule has 2 heteroatoms. The molecule has 0 spiro atoms. The molecule has 2 aliphatic carbocycles. The van der Waals surface area contributed by atoms with Gasteiger partial charge in [0.2, 0.25) is 5.69 Å². The largest absolute Gasteiger partial charge is 0.400 e. The molecule has 0 aromatic carbocycles. The monoisotopic (exact) mass is 653 g/mol. The number of hydrogen-bond donors (Lipinski definition) is 1. The second-order valence-electron chi connectivity index (χ2n) is 14.3. The summed E-state index contributed by atoms with van der Waals surface area (Å²) in [7, 11) is 3.11. The van der Waals surface area contributed by atoms with Gasteiger partial charge in [-0.3, -0.25) is 0 Å². The highest BCUT2D eigenvalue weighted by molar-refractivity contribution is 5.56. The zero-order valence-corrected chi connectivity index (χ0v) is 33.1. The Morgan fingerprint density at radius 1 is 0.833 bits per heavy atom. The van der Waals surface area contributed by atoms with E-state index < -0.39 is 0 Å². The third kappa shape index (κ3) is 13.7. The van der Waals surface area contributed by atoms with Crippen LogP contribution >= 0.6 is 0 Å². The molecular formula is C46H70NO+. The Balaban J connectivity index is 0.00000277. The second-order valence-corrected chi connectivity index (χ2v) is 14.3. The fourth-order valence-corrected chi connectivity index (χ4v) is 6.75. The van der Waals surface area contributed by atoms with Gasteiger partial charge >= 0.3 is 0 Å². The van der Waals surface area contributed by atoms with Crippen molar-refractivity contribution in [3.8, 4) is 0 Å². The van der Waals surface area contributed by atoms with Gasteiger partial charge in [-0.15, -0.1) is 0 Å². The number of aryl methyl sites for hydroxylation is 1. The fraction of sp³-hybridized carbons (Fsp3) is 0.500. The lowest BCUT2D eigenvalue weighted by molar-refractivity contribution is -0.673. The molecule has 2 nitrogen and oxygen atoms in total. The molecule has 48 heavy (non-hydrogen) atoms. The van der Waals surface area contributed by atoms with Crippen LogP contribution in [0.25, 0.3) is 12.2 Å². The number of rotatable bonds is 11. The lowest BCUT2D eigenvalue weighted by atomic mass is 9.69. The molecule has 1 aromatic heterocycles. The van der Waals surface area contributed by atoms with Crippen molar-refractivity contribution < 1.29 is 9.67 Å². The highest BCUT2D eigenvalue weighted by atomic mass is 16.2. The zero-order chi connectivity index (χ0) is 36.3. The summed E-state index contributed by atoms with van der Waals surface area (Å²) in [5, 5.41) is 7.00. The molecule has 3 rings (SSSR count). The van der Waals surface area contributed by atoms with Crippen LogP contribution < -0.4 is 4.57 Å². The summed E-state index contributed by atoms with van der Waals surface area (Å²) in [6, 6.07) is 4.45. The lowest BCUT2D eigenvalue weighted by Crippen LogP contribution is -2.31. The Kier molecular flexibility index (Phi) is 19.3. The van der Waals surface area contributed by atoms with E-state index in [1.807, 2.05) is 13.8 Å². The van der Waals surface area contributed by atoms with E-state index in [2.05, 4.69) is 159 Å². The molecule has 2 aliphatic rings. The predicted octanol–water partition coefficient (Wildman–Crippen LogP) is 13.0. The molecule has 0 bridgehead atoms. The molecule has 1 heterocycles. The first-order valence-corrected chi connectivity index (χ1v) is 18.4. The van der Waals surface area contributed by atoms with E-state index in [0.29, 0.717) is 5.41 Å². The Bertz CT molecular complexity index is 1450.